The van der Waals surface area contributed by atoms with Crippen molar-refractivity contribution in [3.8, 4) is 5.75 Å². The minimum absolute atomic E-state index is 0.317. The average molecular weight is 435 g/mol. The summed E-state index contributed by atoms with van der Waals surface area (Å²) in [5.41, 5.74) is 2.77. The van der Waals surface area contributed by atoms with Crippen molar-refractivity contribution in [1.82, 2.24) is 0 Å². The van der Waals surface area contributed by atoms with Crippen LogP contribution < -0.4 is 4.74 Å². The highest BCUT2D eigenvalue weighted by atomic mass is 35.5. The van der Waals surface area contributed by atoms with Crippen molar-refractivity contribution in [2.45, 2.75) is 43.9 Å². The van der Waals surface area contributed by atoms with Crippen LogP contribution in [0, 0.1) is 0 Å². The van der Waals surface area contributed by atoms with Crippen LogP contribution in [0.5, 0.6) is 5.75 Å². The van der Waals surface area contributed by atoms with Crippen molar-refractivity contribution < 1.29 is 29.2 Å². The van der Waals surface area contributed by atoms with E-state index in [1.54, 1.807) is 6.07 Å². The van der Waals surface area contributed by atoms with Gasteiger partial charge in [0.2, 0.25) is 0 Å². The predicted octanol–water partition coefficient (Wildman–Crippen LogP) is 2.91. The fraction of sp³-hybridized carbons (Fsp3) is 0.478. The second-order valence-corrected chi connectivity index (χ2v) is 8.00. The molecule has 0 bridgehead atoms. The maximum atomic E-state index is 10.7. The van der Waals surface area contributed by atoms with E-state index >= 15 is 0 Å². The van der Waals surface area contributed by atoms with Gasteiger partial charge in [-0.15, -0.1) is 0 Å². The minimum Gasteiger partial charge on any atom is -0.494 e. The molecule has 2 fully saturated rings. The summed E-state index contributed by atoms with van der Waals surface area (Å²) >= 11 is 6.45. The molecular formula is C23H27ClO6. The summed E-state index contributed by atoms with van der Waals surface area (Å²) in [4.78, 5) is 0. The monoisotopic (exact) mass is 434 g/mol. The second kappa shape index (κ2) is 9.64. The molecule has 0 unspecified atom stereocenters. The lowest BCUT2D eigenvalue weighted by Gasteiger charge is -2.41. The van der Waals surface area contributed by atoms with Crippen LogP contribution in [0.3, 0.4) is 0 Å². The van der Waals surface area contributed by atoms with E-state index in [0.29, 0.717) is 37.9 Å². The van der Waals surface area contributed by atoms with E-state index in [4.69, 9.17) is 30.5 Å². The van der Waals surface area contributed by atoms with Gasteiger partial charge in [-0.05, 0) is 48.2 Å². The molecule has 2 heterocycles. The standard InChI is InChI=1S/C23H27ClO6/c1-2-28-17-6-3-14(4-7-17)11-16-12-15(5-8-18(16)24)22-20(25)21(26)23-19(30-22)13-27-9-10-29-23/h3-8,12,19-23,25-26H,2,9-11,13H2,1H3/t19-,20-,21-,22+,23-/m1/s1. The number of aliphatic hydroxyl groups is 2. The Balaban J connectivity index is 1.54. The van der Waals surface area contributed by atoms with Gasteiger partial charge >= 0.3 is 0 Å². The smallest absolute Gasteiger partial charge is 0.119 e. The Hall–Kier alpha value is -1.67. The van der Waals surface area contributed by atoms with Crippen molar-refractivity contribution in [3.05, 3.63) is 64.2 Å². The third-order valence-electron chi connectivity index (χ3n) is 5.53. The highest BCUT2D eigenvalue weighted by Crippen LogP contribution is 2.36. The first-order valence-electron chi connectivity index (χ1n) is 10.3. The Bertz CT molecular complexity index is 842. The third-order valence-corrected chi connectivity index (χ3v) is 5.90. The zero-order valence-corrected chi connectivity index (χ0v) is 17.6. The zero-order chi connectivity index (χ0) is 21.1. The molecule has 2 aromatic carbocycles. The molecule has 5 atom stereocenters. The fourth-order valence-electron chi connectivity index (χ4n) is 4.00. The van der Waals surface area contributed by atoms with Crippen LogP contribution >= 0.6 is 11.6 Å². The molecule has 0 aliphatic carbocycles. The first kappa shape index (κ1) is 21.6. The topological polar surface area (TPSA) is 77.4 Å². The minimum atomic E-state index is -1.11. The lowest BCUT2D eigenvalue weighted by atomic mass is 9.90. The molecule has 2 saturated heterocycles. The van der Waals surface area contributed by atoms with E-state index in [-0.39, 0.29) is 0 Å². The Morgan fingerprint density at radius 3 is 2.63 bits per heavy atom. The lowest BCUT2D eigenvalue weighted by Crippen LogP contribution is -2.55. The maximum absolute atomic E-state index is 10.7. The molecule has 0 saturated carbocycles. The lowest BCUT2D eigenvalue weighted by molar-refractivity contribution is -0.234. The molecule has 0 spiro atoms. The van der Waals surface area contributed by atoms with Crippen LogP contribution in [0.15, 0.2) is 42.5 Å². The molecule has 2 aliphatic heterocycles. The van der Waals surface area contributed by atoms with Crippen molar-refractivity contribution in [1.29, 1.82) is 0 Å². The summed E-state index contributed by atoms with van der Waals surface area (Å²) in [7, 11) is 0. The van der Waals surface area contributed by atoms with Crippen LogP contribution in [-0.4, -0.2) is 61.1 Å². The number of hydrogen-bond donors (Lipinski definition) is 2. The molecule has 6 nitrogen and oxygen atoms in total. The van der Waals surface area contributed by atoms with Crippen molar-refractivity contribution in [2.75, 3.05) is 26.4 Å². The molecule has 2 aromatic rings. The van der Waals surface area contributed by atoms with Gasteiger partial charge in [0, 0.05) is 5.02 Å². The van der Waals surface area contributed by atoms with Crippen LogP contribution in [0.25, 0.3) is 0 Å². The molecule has 0 radical (unpaired) electrons. The van der Waals surface area contributed by atoms with E-state index < -0.39 is 30.5 Å². The molecule has 0 aromatic heterocycles. The number of rotatable bonds is 5. The average Bonchev–Trinajstić information content (AvgIpc) is 3.00. The van der Waals surface area contributed by atoms with E-state index in [1.165, 1.54) is 0 Å². The van der Waals surface area contributed by atoms with E-state index in [0.717, 1.165) is 22.4 Å². The van der Waals surface area contributed by atoms with E-state index in [9.17, 15) is 10.2 Å². The zero-order valence-electron chi connectivity index (χ0n) is 16.9. The summed E-state index contributed by atoms with van der Waals surface area (Å²) in [5, 5.41) is 22.0. The first-order chi connectivity index (χ1) is 14.6. The number of hydrogen-bond acceptors (Lipinski definition) is 6. The maximum Gasteiger partial charge on any atom is 0.119 e. The Morgan fingerprint density at radius 2 is 1.87 bits per heavy atom. The first-order valence-corrected chi connectivity index (χ1v) is 10.7. The molecule has 0 amide bonds. The molecule has 30 heavy (non-hydrogen) atoms. The summed E-state index contributed by atoms with van der Waals surface area (Å²) in [5.74, 6) is 0.830. The van der Waals surface area contributed by atoms with Gasteiger partial charge in [0.25, 0.3) is 0 Å². The van der Waals surface area contributed by atoms with Crippen LogP contribution in [0.4, 0.5) is 0 Å². The van der Waals surface area contributed by atoms with Gasteiger partial charge in [-0.2, -0.15) is 0 Å². The normalized spacial score (nSPS) is 29.1. The molecule has 2 aliphatic rings. The van der Waals surface area contributed by atoms with Gasteiger partial charge in [-0.1, -0.05) is 35.9 Å². The second-order valence-electron chi connectivity index (χ2n) is 7.59. The Labute approximate surface area is 181 Å². The summed E-state index contributed by atoms with van der Waals surface area (Å²) in [6.45, 7) is 3.70. The van der Waals surface area contributed by atoms with Gasteiger partial charge in [-0.25, -0.2) is 0 Å². The highest BCUT2D eigenvalue weighted by Gasteiger charge is 2.46. The number of halogens is 1. The van der Waals surface area contributed by atoms with Crippen molar-refractivity contribution in [2.24, 2.45) is 0 Å². The van der Waals surface area contributed by atoms with Gasteiger partial charge in [0.1, 0.15) is 36.3 Å². The molecule has 2 N–H and O–H groups in total. The SMILES string of the molecule is CCOc1ccc(Cc2cc([C@@H]3O[C@@H]4COCCO[C@H]4[C@H](O)[C@H]3O)ccc2Cl)cc1. The van der Waals surface area contributed by atoms with Crippen LogP contribution in [0.1, 0.15) is 29.7 Å². The van der Waals surface area contributed by atoms with Gasteiger partial charge in [0.05, 0.1) is 26.4 Å². The van der Waals surface area contributed by atoms with Gasteiger partial charge in [-0.3, -0.25) is 0 Å². The van der Waals surface area contributed by atoms with Crippen molar-refractivity contribution >= 4 is 11.6 Å². The largest absolute Gasteiger partial charge is 0.494 e. The number of aliphatic hydroxyl groups excluding tert-OH is 2. The summed E-state index contributed by atoms with van der Waals surface area (Å²) in [6.07, 6.45) is -3.27. The van der Waals surface area contributed by atoms with Crippen LogP contribution in [0.2, 0.25) is 5.02 Å². The fourth-order valence-corrected chi connectivity index (χ4v) is 4.18. The molecule has 7 heteroatoms. The summed E-state index contributed by atoms with van der Waals surface area (Å²) in [6, 6.07) is 13.4. The number of fused-ring (bicyclic) bond motifs is 1. The van der Waals surface area contributed by atoms with E-state index in [1.807, 2.05) is 43.3 Å². The quantitative estimate of drug-likeness (QED) is 0.753. The third kappa shape index (κ3) is 4.64. The Kier molecular flexibility index (Phi) is 6.93. The van der Waals surface area contributed by atoms with E-state index in [2.05, 4.69) is 0 Å². The predicted molar refractivity (Wildman–Crippen MR) is 112 cm³/mol. The molecular weight excluding hydrogens is 408 g/mol. The molecule has 162 valence electrons. The van der Waals surface area contributed by atoms with Gasteiger partial charge < -0.3 is 29.2 Å². The molecule has 4 rings (SSSR count). The number of ether oxygens (including phenoxy) is 4. The Morgan fingerprint density at radius 1 is 1.07 bits per heavy atom. The summed E-state index contributed by atoms with van der Waals surface area (Å²) < 4.78 is 22.7. The van der Waals surface area contributed by atoms with Crippen LogP contribution in [-0.2, 0) is 20.6 Å². The highest BCUT2D eigenvalue weighted by molar-refractivity contribution is 6.31. The van der Waals surface area contributed by atoms with Crippen molar-refractivity contribution in [3.63, 3.8) is 0 Å². The number of benzene rings is 2. The van der Waals surface area contributed by atoms with Gasteiger partial charge in [0.15, 0.2) is 0 Å².